The van der Waals surface area contributed by atoms with E-state index < -0.39 is 17.7 Å². The largest absolute Gasteiger partial charge is 0.304 e. The second kappa shape index (κ2) is 6.41. The Labute approximate surface area is 121 Å². The van der Waals surface area contributed by atoms with Crippen molar-refractivity contribution in [3.8, 4) is 0 Å². The Hall–Kier alpha value is -1.33. The second-order valence-corrected chi connectivity index (χ2v) is 5.80. The SMILES string of the molecule is CCNC(c1nc(CC)c(C)s1)c1cc(F)ccc1F. The van der Waals surface area contributed by atoms with E-state index in [1.807, 2.05) is 20.8 Å². The molecule has 0 spiro atoms. The molecule has 108 valence electrons. The monoisotopic (exact) mass is 296 g/mol. The zero-order chi connectivity index (χ0) is 14.7. The number of nitrogens with zero attached hydrogens (tertiary/aromatic N) is 1. The minimum absolute atomic E-state index is 0.309. The summed E-state index contributed by atoms with van der Waals surface area (Å²) in [5.41, 5.74) is 1.33. The molecule has 1 unspecified atom stereocenters. The second-order valence-electron chi connectivity index (χ2n) is 4.57. The van der Waals surface area contributed by atoms with Gasteiger partial charge in [-0.15, -0.1) is 11.3 Å². The van der Waals surface area contributed by atoms with Gasteiger partial charge in [0, 0.05) is 10.4 Å². The summed E-state index contributed by atoms with van der Waals surface area (Å²) in [6.07, 6.45) is 0.840. The molecular formula is C15H18F2N2S. The molecule has 2 nitrogen and oxygen atoms in total. The minimum Gasteiger partial charge on any atom is -0.304 e. The molecule has 1 heterocycles. The lowest BCUT2D eigenvalue weighted by atomic mass is 10.1. The smallest absolute Gasteiger partial charge is 0.128 e. The molecule has 1 atom stereocenters. The van der Waals surface area contributed by atoms with Gasteiger partial charge in [0.1, 0.15) is 16.6 Å². The summed E-state index contributed by atoms with van der Waals surface area (Å²) in [5.74, 6) is -0.850. The molecule has 1 N–H and O–H groups in total. The highest BCUT2D eigenvalue weighted by Crippen LogP contribution is 2.30. The fraction of sp³-hybridized carbons (Fsp3) is 0.400. The van der Waals surface area contributed by atoms with E-state index in [1.165, 1.54) is 17.4 Å². The highest BCUT2D eigenvalue weighted by Gasteiger charge is 2.22. The van der Waals surface area contributed by atoms with E-state index in [1.54, 1.807) is 0 Å². The lowest BCUT2D eigenvalue weighted by Crippen LogP contribution is -2.23. The van der Waals surface area contributed by atoms with Crippen LogP contribution >= 0.6 is 11.3 Å². The molecule has 0 amide bonds. The van der Waals surface area contributed by atoms with Gasteiger partial charge in [0.25, 0.3) is 0 Å². The average Bonchev–Trinajstić information content (AvgIpc) is 2.80. The van der Waals surface area contributed by atoms with Crippen molar-refractivity contribution < 1.29 is 8.78 Å². The van der Waals surface area contributed by atoms with Crippen molar-refractivity contribution in [3.05, 3.63) is 51.0 Å². The molecule has 0 bridgehead atoms. The van der Waals surface area contributed by atoms with Crippen molar-refractivity contribution in [1.29, 1.82) is 0 Å². The Balaban J connectivity index is 2.46. The number of aromatic nitrogens is 1. The van der Waals surface area contributed by atoms with Gasteiger partial charge in [0.2, 0.25) is 0 Å². The summed E-state index contributed by atoms with van der Waals surface area (Å²) >= 11 is 1.53. The number of rotatable bonds is 5. The highest BCUT2D eigenvalue weighted by atomic mass is 32.1. The Morgan fingerprint density at radius 2 is 2.05 bits per heavy atom. The summed E-state index contributed by atoms with van der Waals surface area (Å²) in [5, 5.41) is 3.97. The van der Waals surface area contributed by atoms with Crippen LogP contribution < -0.4 is 5.32 Å². The predicted molar refractivity (Wildman–Crippen MR) is 78.1 cm³/mol. The van der Waals surface area contributed by atoms with Gasteiger partial charge in [0.05, 0.1) is 11.7 Å². The number of hydrogen-bond donors (Lipinski definition) is 1. The predicted octanol–water partition coefficient (Wildman–Crippen LogP) is 3.99. The summed E-state index contributed by atoms with van der Waals surface area (Å²) in [6.45, 7) is 6.63. The number of hydrogen-bond acceptors (Lipinski definition) is 3. The first kappa shape index (κ1) is 15.1. The molecular weight excluding hydrogens is 278 g/mol. The lowest BCUT2D eigenvalue weighted by Gasteiger charge is -2.16. The standard InChI is InChI=1S/C15H18F2N2S/c1-4-13-9(3)20-15(19-13)14(18-5-2)11-8-10(16)6-7-12(11)17/h6-8,14,18H,4-5H2,1-3H3. The van der Waals surface area contributed by atoms with Crippen LogP contribution in [0.1, 0.15) is 41.0 Å². The number of benzene rings is 1. The van der Waals surface area contributed by atoms with E-state index >= 15 is 0 Å². The molecule has 0 radical (unpaired) electrons. The highest BCUT2D eigenvalue weighted by molar-refractivity contribution is 7.11. The molecule has 2 aromatic rings. The Morgan fingerprint density at radius 1 is 1.30 bits per heavy atom. The minimum atomic E-state index is -0.437. The quantitative estimate of drug-likeness (QED) is 0.902. The van der Waals surface area contributed by atoms with Gasteiger partial charge in [-0.05, 0) is 38.1 Å². The zero-order valence-electron chi connectivity index (χ0n) is 11.8. The van der Waals surface area contributed by atoms with Crippen LogP contribution in [0.5, 0.6) is 0 Å². The molecule has 2 rings (SSSR count). The number of thiazole rings is 1. The van der Waals surface area contributed by atoms with Crippen LogP contribution in [0, 0.1) is 18.6 Å². The van der Waals surface area contributed by atoms with Crippen molar-refractivity contribution in [3.63, 3.8) is 0 Å². The third-order valence-corrected chi connectivity index (χ3v) is 4.25. The summed E-state index contributed by atoms with van der Waals surface area (Å²) in [7, 11) is 0. The van der Waals surface area contributed by atoms with Gasteiger partial charge in [-0.25, -0.2) is 13.8 Å². The van der Waals surface area contributed by atoms with E-state index in [-0.39, 0.29) is 0 Å². The van der Waals surface area contributed by atoms with Crippen LogP contribution in [0.3, 0.4) is 0 Å². The Bertz CT molecular complexity index is 596. The van der Waals surface area contributed by atoms with Crippen molar-refractivity contribution in [2.24, 2.45) is 0 Å². The van der Waals surface area contributed by atoms with Gasteiger partial charge in [0.15, 0.2) is 0 Å². The molecule has 0 saturated heterocycles. The molecule has 0 saturated carbocycles. The Kier molecular flexibility index (Phi) is 4.83. The molecule has 0 aliphatic heterocycles. The molecule has 0 aliphatic rings. The maximum Gasteiger partial charge on any atom is 0.128 e. The number of halogens is 2. The van der Waals surface area contributed by atoms with Crippen LogP contribution in [0.2, 0.25) is 0 Å². The van der Waals surface area contributed by atoms with Gasteiger partial charge < -0.3 is 5.32 Å². The fourth-order valence-electron chi connectivity index (χ4n) is 2.17. The van der Waals surface area contributed by atoms with E-state index in [0.29, 0.717) is 12.1 Å². The third kappa shape index (κ3) is 3.04. The van der Waals surface area contributed by atoms with Crippen molar-refractivity contribution in [2.75, 3.05) is 6.54 Å². The van der Waals surface area contributed by atoms with Crippen molar-refractivity contribution in [1.82, 2.24) is 10.3 Å². The average molecular weight is 296 g/mol. The molecule has 1 aromatic carbocycles. The fourth-order valence-corrected chi connectivity index (χ4v) is 3.28. The van der Waals surface area contributed by atoms with Crippen molar-refractivity contribution >= 4 is 11.3 Å². The molecule has 1 aromatic heterocycles. The van der Waals surface area contributed by atoms with Crippen molar-refractivity contribution in [2.45, 2.75) is 33.2 Å². The number of nitrogens with one attached hydrogen (secondary N) is 1. The van der Waals surface area contributed by atoms with E-state index in [9.17, 15) is 8.78 Å². The first-order chi connectivity index (χ1) is 9.56. The maximum absolute atomic E-state index is 14.0. The first-order valence-electron chi connectivity index (χ1n) is 6.71. The summed E-state index contributed by atoms with van der Waals surface area (Å²) in [6, 6.07) is 3.13. The van der Waals surface area contributed by atoms with E-state index in [0.717, 1.165) is 34.1 Å². The Morgan fingerprint density at radius 3 is 2.65 bits per heavy atom. The lowest BCUT2D eigenvalue weighted by molar-refractivity contribution is 0.543. The normalized spacial score (nSPS) is 12.7. The van der Waals surface area contributed by atoms with Gasteiger partial charge in [-0.1, -0.05) is 13.8 Å². The van der Waals surface area contributed by atoms with Crippen LogP contribution in [0.15, 0.2) is 18.2 Å². The maximum atomic E-state index is 14.0. The molecule has 5 heteroatoms. The third-order valence-electron chi connectivity index (χ3n) is 3.17. The summed E-state index contributed by atoms with van der Waals surface area (Å²) in [4.78, 5) is 5.69. The first-order valence-corrected chi connectivity index (χ1v) is 7.53. The topological polar surface area (TPSA) is 24.9 Å². The van der Waals surface area contributed by atoms with Crippen LogP contribution in [-0.4, -0.2) is 11.5 Å². The van der Waals surface area contributed by atoms with Crippen LogP contribution in [0.25, 0.3) is 0 Å². The number of aryl methyl sites for hydroxylation is 2. The van der Waals surface area contributed by atoms with Gasteiger partial charge >= 0.3 is 0 Å². The molecule has 0 aliphatic carbocycles. The molecule has 20 heavy (non-hydrogen) atoms. The summed E-state index contributed by atoms with van der Waals surface area (Å²) < 4.78 is 27.4. The van der Waals surface area contributed by atoms with Crippen LogP contribution in [0.4, 0.5) is 8.78 Å². The van der Waals surface area contributed by atoms with E-state index in [2.05, 4.69) is 10.3 Å². The van der Waals surface area contributed by atoms with Crippen LogP contribution in [-0.2, 0) is 6.42 Å². The van der Waals surface area contributed by atoms with Gasteiger partial charge in [-0.2, -0.15) is 0 Å². The van der Waals surface area contributed by atoms with Gasteiger partial charge in [-0.3, -0.25) is 0 Å². The molecule has 0 fully saturated rings. The zero-order valence-corrected chi connectivity index (χ0v) is 12.7. The van der Waals surface area contributed by atoms with E-state index in [4.69, 9.17) is 0 Å².